The van der Waals surface area contributed by atoms with Crippen LogP contribution in [0.3, 0.4) is 0 Å². The number of ketones is 1. The van der Waals surface area contributed by atoms with Gasteiger partial charge in [0.2, 0.25) is 0 Å². The summed E-state index contributed by atoms with van der Waals surface area (Å²) in [4.78, 5) is 13.4. The van der Waals surface area contributed by atoms with Gasteiger partial charge >= 0.3 is 0 Å². The maximum atomic E-state index is 13.4. The first-order valence-electron chi connectivity index (χ1n) is 11.8. The van der Waals surface area contributed by atoms with Crippen molar-refractivity contribution in [2.45, 2.75) is 63.8 Å². The fraction of sp³-hybridized carbons (Fsp3) is 0.500. The van der Waals surface area contributed by atoms with E-state index in [9.17, 15) is 4.79 Å². The average Bonchev–Trinajstić information content (AvgIpc) is 3.56. The molecule has 170 valence electrons. The van der Waals surface area contributed by atoms with Crippen molar-refractivity contribution in [3.63, 3.8) is 0 Å². The van der Waals surface area contributed by atoms with E-state index in [2.05, 4.69) is 24.5 Å². The Labute approximate surface area is 189 Å². The number of hydrogen-bond acceptors (Lipinski definition) is 6. The summed E-state index contributed by atoms with van der Waals surface area (Å²) in [5, 5.41) is 6.99. The van der Waals surface area contributed by atoms with Crippen LogP contribution in [0.1, 0.15) is 55.5 Å². The third-order valence-corrected chi connectivity index (χ3v) is 7.03. The van der Waals surface area contributed by atoms with Gasteiger partial charge in [0, 0.05) is 40.4 Å². The minimum atomic E-state index is -0.0116. The molecule has 2 aliphatic heterocycles. The monoisotopic (exact) mass is 436 g/mol. The number of carbonyl (C=O) groups excluding carboxylic acids is 1. The smallest absolute Gasteiger partial charge is 0.194 e. The van der Waals surface area contributed by atoms with Crippen LogP contribution in [-0.4, -0.2) is 50.3 Å². The zero-order chi connectivity index (χ0) is 22.2. The molecule has 0 saturated carbocycles. The highest BCUT2D eigenvalue weighted by Crippen LogP contribution is 2.49. The van der Waals surface area contributed by atoms with E-state index in [4.69, 9.17) is 14.2 Å². The highest BCUT2D eigenvalue weighted by atomic mass is 16.5. The highest BCUT2D eigenvalue weighted by molar-refractivity contribution is 6.23. The molecule has 2 fully saturated rings. The minimum absolute atomic E-state index is 0.0107. The number of hydrogen-bond donors (Lipinski definition) is 2. The molecule has 6 heteroatoms. The van der Waals surface area contributed by atoms with E-state index in [1.54, 1.807) is 7.11 Å². The van der Waals surface area contributed by atoms with Gasteiger partial charge in [-0.1, -0.05) is 12.1 Å². The maximum Gasteiger partial charge on any atom is 0.194 e. The summed E-state index contributed by atoms with van der Waals surface area (Å²) >= 11 is 0. The summed E-state index contributed by atoms with van der Waals surface area (Å²) in [5.74, 6) is 2.02. The molecule has 3 aliphatic rings. The molecule has 0 aromatic heterocycles. The first-order chi connectivity index (χ1) is 15.6. The second-order valence-corrected chi connectivity index (χ2v) is 9.11. The molecule has 0 spiro atoms. The van der Waals surface area contributed by atoms with Crippen molar-refractivity contribution in [2.75, 3.05) is 20.2 Å². The molecule has 4 unspecified atom stereocenters. The number of ether oxygens (including phenoxy) is 3. The molecule has 4 atom stereocenters. The van der Waals surface area contributed by atoms with E-state index in [1.165, 1.54) is 0 Å². The fourth-order valence-electron chi connectivity index (χ4n) is 5.28. The molecule has 32 heavy (non-hydrogen) atoms. The van der Waals surface area contributed by atoms with Crippen LogP contribution in [0.15, 0.2) is 30.3 Å². The van der Waals surface area contributed by atoms with Gasteiger partial charge in [-0.15, -0.1) is 0 Å². The largest absolute Gasteiger partial charge is 0.496 e. The van der Waals surface area contributed by atoms with E-state index < -0.39 is 0 Å². The molecule has 2 aromatic rings. The summed E-state index contributed by atoms with van der Waals surface area (Å²) in [6.45, 7) is 6.21. The maximum absolute atomic E-state index is 13.4. The Morgan fingerprint density at radius 2 is 1.53 bits per heavy atom. The predicted molar refractivity (Wildman–Crippen MR) is 124 cm³/mol. The Morgan fingerprint density at radius 3 is 2.16 bits per heavy atom. The van der Waals surface area contributed by atoms with Crippen LogP contribution < -0.4 is 24.8 Å². The average molecular weight is 437 g/mol. The molecule has 2 aromatic carbocycles. The fourth-order valence-corrected chi connectivity index (χ4v) is 5.28. The molecule has 1 aliphatic carbocycles. The van der Waals surface area contributed by atoms with Crippen LogP contribution in [0.4, 0.5) is 0 Å². The minimum Gasteiger partial charge on any atom is -0.496 e. The number of nitrogens with one attached hydrogen (secondary N) is 2. The topological polar surface area (TPSA) is 68.8 Å². The van der Waals surface area contributed by atoms with Crippen LogP contribution in [0.25, 0.3) is 11.1 Å². The zero-order valence-corrected chi connectivity index (χ0v) is 19.1. The lowest BCUT2D eigenvalue weighted by atomic mass is 10.0. The molecular weight excluding hydrogens is 404 g/mol. The second kappa shape index (κ2) is 8.75. The quantitative estimate of drug-likeness (QED) is 0.585. The van der Waals surface area contributed by atoms with Crippen LogP contribution in [0.5, 0.6) is 17.2 Å². The molecule has 6 nitrogen and oxygen atoms in total. The van der Waals surface area contributed by atoms with Gasteiger partial charge in [-0.3, -0.25) is 4.79 Å². The summed E-state index contributed by atoms with van der Waals surface area (Å²) in [7, 11) is 1.64. The molecule has 0 amide bonds. The van der Waals surface area contributed by atoms with E-state index in [-0.39, 0.29) is 18.0 Å². The van der Waals surface area contributed by atoms with Crippen molar-refractivity contribution in [2.24, 2.45) is 0 Å². The van der Waals surface area contributed by atoms with Crippen molar-refractivity contribution < 1.29 is 19.0 Å². The molecule has 2 heterocycles. The third kappa shape index (κ3) is 3.76. The van der Waals surface area contributed by atoms with Crippen LogP contribution >= 0.6 is 0 Å². The van der Waals surface area contributed by atoms with Crippen molar-refractivity contribution in [1.29, 1.82) is 0 Å². The molecule has 2 saturated heterocycles. The van der Waals surface area contributed by atoms with Gasteiger partial charge < -0.3 is 24.8 Å². The van der Waals surface area contributed by atoms with Crippen LogP contribution in [0.2, 0.25) is 0 Å². The molecule has 2 N–H and O–H groups in total. The van der Waals surface area contributed by atoms with Crippen molar-refractivity contribution >= 4 is 5.78 Å². The Kier molecular flexibility index (Phi) is 5.82. The first-order valence-corrected chi connectivity index (χ1v) is 11.8. The third-order valence-electron chi connectivity index (χ3n) is 7.03. The van der Waals surface area contributed by atoms with Crippen LogP contribution in [-0.2, 0) is 0 Å². The Morgan fingerprint density at radius 1 is 0.875 bits per heavy atom. The number of fused-ring (bicyclic) bond motifs is 3. The van der Waals surface area contributed by atoms with Crippen molar-refractivity contribution in [3.05, 3.63) is 41.5 Å². The lowest BCUT2D eigenvalue weighted by molar-refractivity contribution is 0.104. The molecule has 5 rings (SSSR count). The highest BCUT2D eigenvalue weighted by Gasteiger charge is 2.35. The molecular formula is C26H32N2O4. The standard InChI is InChI=1S/C26H32N2O4/c1-15(20-8-5-11-27-20)31-17-13-19-25(23(14-17)30-3)24-18(26(19)29)7-4-10-22(24)32-16(2)21-9-6-12-28-21/h4,7,10,13-16,20-21,27-28H,5-6,8-9,11-12H2,1-3H3. The van der Waals surface area contributed by atoms with Gasteiger partial charge in [-0.25, -0.2) is 0 Å². The lowest BCUT2D eigenvalue weighted by Gasteiger charge is -2.23. The number of benzene rings is 2. The van der Waals surface area contributed by atoms with Gasteiger partial charge in [-0.2, -0.15) is 0 Å². The van der Waals surface area contributed by atoms with Crippen LogP contribution in [0, 0.1) is 0 Å². The first kappa shape index (κ1) is 21.3. The second-order valence-electron chi connectivity index (χ2n) is 9.11. The van der Waals surface area contributed by atoms with Gasteiger partial charge in [0.05, 0.1) is 7.11 Å². The SMILES string of the molecule is COc1cc(OC(C)C2CCCN2)cc2c1-c1c(OC(C)C3CCCN3)cccc1C2=O. The summed E-state index contributed by atoms with van der Waals surface area (Å²) in [6.07, 6.45) is 4.55. The normalized spacial score (nSPS) is 23.5. The van der Waals surface area contributed by atoms with E-state index in [0.29, 0.717) is 34.7 Å². The summed E-state index contributed by atoms with van der Waals surface area (Å²) < 4.78 is 18.4. The lowest BCUT2D eigenvalue weighted by Crippen LogP contribution is -2.36. The summed E-state index contributed by atoms with van der Waals surface area (Å²) in [5.41, 5.74) is 2.90. The van der Waals surface area contributed by atoms with E-state index in [0.717, 1.165) is 55.6 Å². The Bertz CT molecular complexity index is 1010. The van der Waals surface area contributed by atoms with Gasteiger partial charge in [0.1, 0.15) is 29.5 Å². The van der Waals surface area contributed by atoms with E-state index in [1.807, 2.05) is 30.3 Å². The van der Waals surface area contributed by atoms with Gasteiger partial charge in [0.15, 0.2) is 5.78 Å². The van der Waals surface area contributed by atoms with Gasteiger partial charge in [0.25, 0.3) is 0 Å². The number of rotatable bonds is 7. The molecule has 0 radical (unpaired) electrons. The molecule has 0 bridgehead atoms. The number of carbonyl (C=O) groups is 1. The number of methoxy groups -OCH3 is 1. The Balaban J connectivity index is 1.49. The predicted octanol–water partition coefficient (Wildman–Crippen LogP) is 3.95. The summed E-state index contributed by atoms with van der Waals surface area (Å²) in [6, 6.07) is 10.1. The van der Waals surface area contributed by atoms with E-state index >= 15 is 0 Å². The van der Waals surface area contributed by atoms with Crippen molar-refractivity contribution in [3.8, 4) is 28.4 Å². The van der Waals surface area contributed by atoms with Crippen molar-refractivity contribution in [1.82, 2.24) is 10.6 Å². The Hall–Kier alpha value is -2.57. The van der Waals surface area contributed by atoms with Gasteiger partial charge in [-0.05, 0) is 64.8 Å². The zero-order valence-electron chi connectivity index (χ0n) is 19.1.